The lowest BCUT2D eigenvalue weighted by molar-refractivity contribution is -0.123. The van der Waals surface area contributed by atoms with Crippen molar-refractivity contribution in [3.63, 3.8) is 0 Å². The van der Waals surface area contributed by atoms with Crippen molar-refractivity contribution < 1.29 is 14.3 Å². The van der Waals surface area contributed by atoms with Crippen LogP contribution in [0.15, 0.2) is 10.5 Å². The Balaban J connectivity index is 1.98. The van der Waals surface area contributed by atoms with Crippen molar-refractivity contribution in [3.8, 4) is 0 Å². The number of aryl methyl sites for hydroxylation is 2. The molecule has 1 saturated carbocycles. The number of carbonyl (C=O) groups excluding carboxylic acids is 1. The molecule has 0 aliphatic heterocycles. The van der Waals surface area contributed by atoms with Crippen LogP contribution in [-0.4, -0.2) is 21.9 Å². The van der Waals surface area contributed by atoms with Crippen LogP contribution < -0.4 is 5.32 Å². The first-order valence-corrected chi connectivity index (χ1v) is 6.84. The van der Waals surface area contributed by atoms with Crippen LogP contribution in [0.25, 0.3) is 0 Å². The molecule has 0 saturated heterocycles. The van der Waals surface area contributed by atoms with Gasteiger partial charge in [0.25, 0.3) is 0 Å². The van der Waals surface area contributed by atoms with Crippen LogP contribution in [0.3, 0.4) is 0 Å². The summed E-state index contributed by atoms with van der Waals surface area (Å²) in [7, 11) is 0. The Hall–Kier alpha value is -0.710. The zero-order valence-electron chi connectivity index (χ0n) is 11.1. The number of carbonyl (C=O) groups is 1. The number of furan rings is 1. The Bertz CT molecular complexity index is 508. The maximum absolute atomic E-state index is 11.8. The smallest absolute Gasteiger partial charge is 0.226 e. The summed E-state index contributed by atoms with van der Waals surface area (Å²) in [6.45, 7) is 5.31. The Labute approximate surface area is 122 Å². The molecule has 0 bridgehead atoms. The second kappa shape index (κ2) is 4.69. The van der Waals surface area contributed by atoms with Crippen molar-refractivity contribution in [1.82, 2.24) is 5.32 Å². The number of amides is 1. The summed E-state index contributed by atoms with van der Waals surface area (Å²) in [6, 6.07) is 1.77. The van der Waals surface area contributed by atoms with Crippen molar-refractivity contribution in [2.24, 2.45) is 5.92 Å². The van der Waals surface area contributed by atoms with Crippen molar-refractivity contribution in [2.45, 2.75) is 37.1 Å². The number of rotatable bonds is 4. The second-order valence-electron chi connectivity index (χ2n) is 5.34. The topological polar surface area (TPSA) is 62.5 Å². The Morgan fingerprint density at radius 3 is 2.63 bits per heavy atom. The highest BCUT2D eigenvalue weighted by Crippen LogP contribution is 2.53. The third-order valence-electron chi connectivity index (χ3n) is 3.37. The van der Waals surface area contributed by atoms with E-state index in [1.54, 1.807) is 19.9 Å². The first-order chi connectivity index (χ1) is 8.63. The molecular weight excluding hydrogens is 289 g/mol. The molecule has 1 aromatic rings. The quantitative estimate of drug-likeness (QED) is 0.840. The van der Waals surface area contributed by atoms with Crippen LogP contribution in [0.2, 0.25) is 0 Å². The van der Waals surface area contributed by atoms with Gasteiger partial charge in [-0.25, -0.2) is 0 Å². The monoisotopic (exact) mass is 305 g/mol. The standard InChI is InChI=1S/C13H17Cl2NO3/c1-7-4-9(8(2)19-7)12(3,18)6-16-11(17)10-5-13(10,14)15/h4,10,18H,5-6H2,1-3H3,(H,16,17). The number of halogens is 2. The normalized spacial score (nSPS) is 23.8. The second-order valence-corrected chi connectivity index (χ2v) is 6.88. The number of nitrogens with one attached hydrogen (secondary N) is 1. The molecule has 0 spiro atoms. The Morgan fingerprint density at radius 1 is 1.63 bits per heavy atom. The lowest BCUT2D eigenvalue weighted by atomic mass is 9.96. The predicted molar refractivity (Wildman–Crippen MR) is 73.3 cm³/mol. The van der Waals surface area contributed by atoms with E-state index in [4.69, 9.17) is 27.6 Å². The Kier molecular flexibility index (Phi) is 3.62. The Morgan fingerprint density at radius 2 is 2.21 bits per heavy atom. The summed E-state index contributed by atoms with van der Waals surface area (Å²) in [5.41, 5.74) is -0.516. The molecule has 0 radical (unpaired) electrons. The van der Waals surface area contributed by atoms with Crippen molar-refractivity contribution in [1.29, 1.82) is 0 Å². The van der Waals surface area contributed by atoms with Gasteiger partial charge >= 0.3 is 0 Å². The molecule has 1 amide bonds. The molecule has 6 heteroatoms. The van der Waals surface area contributed by atoms with Crippen LogP contribution in [0.1, 0.15) is 30.4 Å². The molecule has 2 unspecified atom stereocenters. The van der Waals surface area contributed by atoms with Crippen molar-refractivity contribution in [3.05, 3.63) is 23.2 Å². The lowest BCUT2D eigenvalue weighted by Gasteiger charge is -2.23. The van der Waals surface area contributed by atoms with Crippen LogP contribution in [0.5, 0.6) is 0 Å². The minimum absolute atomic E-state index is 0.0893. The van der Waals surface area contributed by atoms with Crippen molar-refractivity contribution in [2.75, 3.05) is 6.54 Å². The minimum atomic E-state index is -1.19. The van der Waals surface area contributed by atoms with Gasteiger partial charge < -0.3 is 14.8 Å². The lowest BCUT2D eigenvalue weighted by Crippen LogP contribution is -2.40. The zero-order valence-corrected chi connectivity index (χ0v) is 12.6. The molecule has 1 aromatic heterocycles. The maximum atomic E-state index is 11.8. The fraction of sp³-hybridized carbons (Fsp3) is 0.615. The van der Waals surface area contributed by atoms with E-state index >= 15 is 0 Å². The zero-order chi connectivity index (χ0) is 14.4. The SMILES string of the molecule is Cc1cc(C(C)(O)CNC(=O)C2CC2(Cl)Cl)c(C)o1. The number of hydrogen-bond acceptors (Lipinski definition) is 3. The summed E-state index contributed by atoms with van der Waals surface area (Å²) < 4.78 is 4.44. The molecule has 2 rings (SSSR count). The largest absolute Gasteiger partial charge is 0.466 e. The number of aliphatic hydroxyl groups is 1. The molecule has 1 fully saturated rings. The maximum Gasteiger partial charge on any atom is 0.226 e. The van der Waals surface area contributed by atoms with E-state index in [2.05, 4.69) is 5.32 Å². The summed E-state index contributed by atoms with van der Waals surface area (Å²) in [4.78, 5) is 11.8. The fourth-order valence-corrected chi connectivity index (χ4v) is 2.65. The number of hydrogen-bond donors (Lipinski definition) is 2. The molecule has 0 aromatic carbocycles. The molecule has 1 heterocycles. The molecule has 1 aliphatic rings. The van der Waals surface area contributed by atoms with Gasteiger partial charge in [0.1, 0.15) is 21.5 Å². The summed E-state index contributed by atoms with van der Waals surface area (Å²) in [5, 5.41) is 13.1. The van der Waals surface area contributed by atoms with Crippen molar-refractivity contribution >= 4 is 29.1 Å². The summed E-state index contributed by atoms with van der Waals surface area (Å²) >= 11 is 11.6. The van der Waals surface area contributed by atoms with Crippen LogP contribution in [0.4, 0.5) is 0 Å². The van der Waals surface area contributed by atoms with Crippen LogP contribution >= 0.6 is 23.2 Å². The molecule has 1 aliphatic carbocycles. The van der Waals surface area contributed by atoms with Gasteiger partial charge in [-0.1, -0.05) is 0 Å². The van der Waals surface area contributed by atoms with E-state index in [1.165, 1.54) is 0 Å². The number of alkyl halides is 2. The van der Waals surface area contributed by atoms with Gasteiger partial charge in [-0.05, 0) is 33.3 Å². The predicted octanol–water partition coefficient (Wildman–Crippen LogP) is 2.41. The highest BCUT2D eigenvalue weighted by atomic mass is 35.5. The summed E-state index contributed by atoms with van der Waals surface area (Å²) in [6.07, 6.45) is 0.452. The third-order valence-corrected chi connectivity index (χ3v) is 4.21. The summed E-state index contributed by atoms with van der Waals surface area (Å²) in [5.74, 6) is 0.746. The minimum Gasteiger partial charge on any atom is -0.466 e. The van der Waals surface area contributed by atoms with Gasteiger partial charge in [-0.3, -0.25) is 4.79 Å². The molecule has 4 nitrogen and oxygen atoms in total. The van der Waals surface area contributed by atoms with Gasteiger partial charge in [-0.15, -0.1) is 23.2 Å². The van der Waals surface area contributed by atoms with E-state index in [-0.39, 0.29) is 18.4 Å². The van der Waals surface area contributed by atoms with Gasteiger partial charge in [-0.2, -0.15) is 0 Å². The van der Waals surface area contributed by atoms with Gasteiger partial charge in [0.15, 0.2) is 0 Å². The van der Waals surface area contributed by atoms with Gasteiger partial charge in [0.2, 0.25) is 5.91 Å². The van der Waals surface area contributed by atoms with E-state index in [9.17, 15) is 9.90 Å². The first kappa shape index (κ1) is 14.7. The average molecular weight is 306 g/mol. The molecule has 2 N–H and O–H groups in total. The molecule has 106 valence electrons. The van der Waals surface area contributed by atoms with Gasteiger partial charge in [0, 0.05) is 5.56 Å². The van der Waals surface area contributed by atoms with Crippen LogP contribution in [-0.2, 0) is 10.4 Å². The third kappa shape index (κ3) is 3.07. The molecular formula is C13H17Cl2NO3. The molecule has 19 heavy (non-hydrogen) atoms. The van der Waals surface area contributed by atoms with E-state index in [1.807, 2.05) is 6.92 Å². The average Bonchev–Trinajstić information content (AvgIpc) is 2.77. The molecule has 2 atom stereocenters. The highest BCUT2D eigenvalue weighted by molar-refractivity contribution is 6.52. The van der Waals surface area contributed by atoms with E-state index < -0.39 is 9.93 Å². The van der Waals surface area contributed by atoms with E-state index in [0.29, 0.717) is 17.7 Å². The fourth-order valence-electron chi connectivity index (χ4n) is 2.14. The van der Waals surface area contributed by atoms with Gasteiger partial charge in [0.05, 0.1) is 12.5 Å². The van der Waals surface area contributed by atoms with E-state index in [0.717, 1.165) is 5.76 Å². The first-order valence-electron chi connectivity index (χ1n) is 6.09. The highest BCUT2D eigenvalue weighted by Gasteiger charge is 2.56. The van der Waals surface area contributed by atoms with Crippen LogP contribution in [0, 0.1) is 19.8 Å².